The summed E-state index contributed by atoms with van der Waals surface area (Å²) in [6, 6.07) is 8.71. The third-order valence-electron chi connectivity index (χ3n) is 5.69. The molecule has 2 aliphatic rings. The molecule has 1 saturated heterocycles. The van der Waals surface area contributed by atoms with Crippen molar-refractivity contribution in [2.75, 3.05) is 6.54 Å². The zero-order valence-electron chi connectivity index (χ0n) is 14.9. The first-order chi connectivity index (χ1) is 13.5. The summed E-state index contributed by atoms with van der Waals surface area (Å²) >= 11 is 0. The molecule has 0 radical (unpaired) electrons. The third kappa shape index (κ3) is 2.94. The Balaban J connectivity index is 1.64. The van der Waals surface area contributed by atoms with Crippen LogP contribution in [-0.4, -0.2) is 32.1 Å². The van der Waals surface area contributed by atoms with Gasteiger partial charge in [-0.2, -0.15) is 13.2 Å². The lowest BCUT2D eigenvalue weighted by Crippen LogP contribution is -2.36. The van der Waals surface area contributed by atoms with Crippen LogP contribution in [0, 0.1) is 5.92 Å². The van der Waals surface area contributed by atoms with Gasteiger partial charge in [0.15, 0.2) is 5.65 Å². The number of nitrogens with one attached hydrogen (secondary N) is 2. The van der Waals surface area contributed by atoms with Crippen molar-refractivity contribution in [1.82, 2.24) is 30.4 Å². The smallest absolute Gasteiger partial charge is 0.302 e. The number of fused-ring (bicyclic) bond motifs is 2. The number of halogens is 3. The molecule has 3 atom stereocenters. The number of aromatic nitrogens is 4. The summed E-state index contributed by atoms with van der Waals surface area (Å²) in [4.78, 5) is 12.7. The van der Waals surface area contributed by atoms with Crippen molar-refractivity contribution in [3.63, 3.8) is 0 Å². The summed E-state index contributed by atoms with van der Waals surface area (Å²) in [5.74, 6) is -0.563. The fourth-order valence-corrected chi connectivity index (χ4v) is 4.39. The minimum atomic E-state index is -4.53. The third-order valence-corrected chi connectivity index (χ3v) is 5.69. The maximum absolute atomic E-state index is 13.8. The Bertz CT molecular complexity index is 1000. The number of hydrogen-bond donors (Lipinski definition) is 2. The lowest BCUT2D eigenvalue weighted by Gasteiger charge is -2.32. The lowest BCUT2D eigenvalue weighted by molar-refractivity contribution is -0.148. The molecule has 0 spiro atoms. The minimum Gasteiger partial charge on any atom is -0.302 e. The van der Waals surface area contributed by atoms with Crippen molar-refractivity contribution < 1.29 is 13.2 Å². The molecule has 28 heavy (non-hydrogen) atoms. The van der Waals surface area contributed by atoms with E-state index in [2.05, 4.69) is 25.8 Å². The predicted octanol–water partition coefficient (Wildman–Crippen LogP) is 3.33. The zero-order chi connectivity index (χ0) is 19.3. The van der Waals surface area contributed by atoms with Gasteiger partial charge < -0.3 is 4.57 Å². The number of nitrogens with zero attached hydrogens (tertiary/aromatic N) is 4. The first-order valence-electron chi connectivity index (χ1n) is 9.36. The van der Waals surface area contributed by atoms with Crippen LogP contribution >= 0.6 is 0 Å². The predicted molar refractivity (Wildman–Crippen MR) is 97.1 cm³/mol. The molecule has 1 aliphatic carbocycles. The number of pyridine rings is 2. The first kappa shape index (κ1) is 17.6. The summed E-state index contributed by atoms with van der Waals surface area (Å²) in [6.07, 6.45) is -0.760. The van der Waals surface area contributed by atoms with Crippen molar-refractivity contribution >= 4 is 11.2 Å². The van der Waals surface area contributed by atoms with Crippen LogP contribution in [0.1, 0.15) is 31.1 Å². The molecule has 1 saturated carbocycles. The molecule has 3 aromatic rings. The number of rotatable bonds is 2. The summed E-state index contributed by atoms with van der Waals surface area (Å²) in [7, 11) is 0. The van der Waals surface area contributed by atoms with E-state index >= 15 is 0 Å². The summed E-state index contributed by atoms with van der Waals surface area (Å²) in [5.41, 5.74) is 8.04. The molecule has 0 amide bonds. The highest BCUT2D eigenvalue weighted by atomic mass is 19.4. The SMILES string of the molecule is FC(F)(F)c1nc2ccc(-c3ccccn3)nc2n1C1CCC2NNCC2C1. The highest BCUT2D eigenvalue weighted by Gasteiger charge is 2.42. The molecule has 5 rings (SSSR count). The molecule has 146 valence electrons. The van der Waals surface area contributed by atoms with Crippen molar-refractivity contribution in [3.8, 4) is 11.4 Å². The van der Waals surface area contributed by atoms with Gasteiger partial charge in [-0.3, -0.25) is 15.8 Å². The van der Waals surface area contributed by atoms with Gasteiger partial charge in [-0.25, -0.2) is 9.97 Å². The van der Waals surface area contributed by atoms with Crippen LogP contribution in [0.25, 0.3) is 22.6 Å². The Kier molecular flexibility index (Phi) is 4.09. The van der Waals surface area contributed by atoms with Gasteiger partial charge in [0, 0.05) is 24.8 Å². The van der Waals surface area contributed by atoms with Crippen LogP contribution < -0.4 is 10.9 Å². The largest absolute Gasteiger partial charge is 0.449 e. The van der Waals surface area contributed by atoms with Crippen molar-refractivity contribution in [2.24, 2.45) is 5.92 Å². The topological polar surface area (TPSA) is 67.7 Å². The number of hydrazine groups is 1. The summed E-state index contributed by atoms with van der Waals surface area (Å²) in [5, 5.41) is 0. The second-order valence-corrected chi connectivity index (χ2v) is 7.42. The van der Waals surface area contributed by atoms with E-state index in [1.54, 1.807) is 30.5 Å². The molecule has 1 aliphatic heterocycles. The van der Waals surface area contributed by atoms with E-state index in [-0.39, 0.29) is 17.2 Å². The van der Waals surface area contributed by atoms with E-state index in [0.29, 0.717) is 36.2 Å². The van der Waals surface area contributed by atoms with Gasteiger partial charge in [-0.05, 0) is 49.4 Å². The highest BCUT2D eigenvalue weighted by Crippen LogP contribution is 2.40. The first-order valence-corrected chi connectivity index (χ1v) is 9.36. The van der Waals surface area contributed by atoms with E-state index in [4.69, 9.17) is 0 Å². The Morgan fingerprint density at radius 1 is 1.04 bits per heavy atom. The number of alkyl halides is 3. The molecule has 0 bridgehead atoms. The summed E-state index contributed by atoms with van der Waals surface area (Å²) < 4.78 is 42.7. The minimum absolute atomic E-state index is 0.261. The van der Waals surface area contributed by atoms with E-state index < -0.39 is 12.0 Å². The maximum Gasteiger partial charge on any atom is 0.449 e. The molecule has 3 aromatic heterocycles. The molecule has 4 heterocycles. The lowest BCUT2D eigenvalue weighted by atomic mass is 9.82. The van der Waals surface area contributed by atoms with Crippen LogP contribution in [0.3, 0.4) is 0 Å². The van der Waals surface area contributed by atoms with E-state index in [9.17, 15) is 13.2 Å². The van der Waals surface area contributed by atoms with Gasteiger partial charge in [-0.1, -0.05) is 6.07 Å². The van der Waals surface area contributed by atoms with Crippen LogP contribution in [0.15, 0.2) is 36.5 Å². The fraction of sp³-hybridized carbons (Fsp3) is 0.421. The van der Waals surface area contributed by atoms with Crippen LogP contribution in [0.2, 0.25) is 0 Å². The second-order valence-electron chi connectivity index (χ2n) is 7.42. The molecule has 3 unspecified atom stereocenters. The normalized spacial score (nSPS) is 25.2. The zero-order valence-corrected chi connectivity index (χ0v) is 14.9. The molecule has 0 aromatic carbocycles. The number of hydrogen-bond acceptors (Lipinski definition) is 5. The molecular formula is C19H19F3N6. The molecular weight excluding hydrogens is 369 g/mol. The van der Waals surface area contributed by atoms with Gasteiger partial charge in [0.05, 0.1) is 11.4 Å². The Morgan fingerprint density at radius 2 is 1.93 bits per heavy atom. The average Bonchev–Trinajstić information content (AvgIpc) is 3.31. The van der Waals surface area contributed by atoms with E-state index in [1.807, 2.05) is 6.07 Å². The van der Waals surface area contributed by atoms with E-state index in [1.165, 1.54) is 4.57 Å². The van der Waals surface area contributed by atoms with Crippen molar-refractivity contribution in [2.45, 2.75) is 37.5 Å². The second kappa shape index (κ2) is 6.52. The van der Waals surface area contributed by atoms with E-state index in [0.717, 1.165) is 13.0 Å². The molecule has 2 N–H and O–H groups in total. The quantitative estimate of drug-likeness (QED) is 0.705. The highest BCUT2D eigenvalue weighted by molar-refractivity contribution is 5.75. The van der Waals surface area contributed by atoms with Crippen LogP contribution in [0.5, 0.6) is 0 Å². The molecule has 2 fully saturated rings. The van der Waals surface area contributed by atoms with Gasteiger partial charge in [0.1, 0.15) is 5.52 Å². The standard InChI is InChI=1S/C19H19F3N6/c20-19(21,22)18-26-16-7-6-15(14-3-1-2-8-23-14)25-17(16)28(18)12-4-5-13-11(9-12)10-24-27-13/h1-3,6-8,11-13,24,27H,4-5,9-10H2. The Morgan fingerprint density at radius 3 is 2.71 bits per heavy atom. The molecule has 9 heteroatoms. The Labute approximate surface area is 159 Å². The van der Waals surface area contributed by atoms with Gasteiger partial charge in [-0.15, -0.1) is 0 Å². The van der Waals surface area contributed by atoms with Gasteiger partial charge in [0.2, 0.25) is 5.82 Å². The Hall–Kier alpha value is -2.52. The van der Waals surface area contributed by atoms with Gasteiger partial charge in [0.25, 0.3) is 0 Å². The average molecular weight is 388 g/mol. The van der Waals surface area contributed by atoms with Crippen molar-refractivity contribution in [3.05, 3.63) is 42.4 Å². The molecule has 6 nitrogen and oxygen atoms in total. The summed E-state index contributed by atoms with van der Waals surface area (Å²) in [6.45, 7) is 0.766. The monoisotopic (exact) mass is 388 g/mol. The van der Waals surface area contributed by atoms with Gasteiger partial charge >= 0.3 is 6.18 Å². The maximum atomic E-state index is 13.8. The van der Waals surface area contributed by atoms with Crippen LogP contribution in [0.4, 0.5) is 13.2 Å². The van der Waals surface area contributed by atoms with Crippen LogP contribution in [-0.2, 0) is 6.18 Å². The fourth-order valence-electron chi connectivity index (χ4n) is 4.39. The number of imidazole rings is 1. The van der Waals surface area contributed by atoms with Crippen molar-refractivity contribution in [1.29, 1.82) is 0 Å².